The number of nitrogens with zero attached hydrogens (tertiary/aromatic N) is 3. The molecular weight excluding hydrogens is 284 g/mol. The van der Waals surface area contributed by atoms with Crippen molar-refractivity contribution in [1.82, 2.24) is 19.7 Å². The summed E-state index contributed by atoms with van der Waals surface area (Å²) in [5, 5.41) is 7.21. The number of pyridine rings is 1. The lowest BCUT2D eigenvalue weighted by Gasteiger charge is -2.15. The predicted molar refractivity (Wildman–Crippen MR) is 82.4 cm³/mol. The number of aryl methyl sites for hydroxylation is 1. The lowest BCUT2D eigenvalue weighted by Crippen LogP contribution is -2.08. The van der Waals surface area contributed by atoms with Gasteiger partial charge in [-0.05, 0) is 49.8 Å². The first-order valence-electron chi connectivity index (χ1n) is 6.85. The van der Waals surface area contributed by atoms with E-state index in [-0.39, 0.29) is 6.04 Å². The van der Waals surface area contributed by atoms with E-state index in [1.54, 1.807) is 18.7 Å². The van der Waals surface area contributed by atoms with Crippen LogP contribution in [0.2, 0.25) is 0 Å². The Labute approximate surface area is 127 Å². The van der Waals surface area contributed by atoms with Crippen LogP contribution >= 0.6 is 12.2 Å². The van der Waals surface area contributed by atoms with Gasteiger partial charge >= 0.3 is 0 Å². The molecule has 0 radical (unpaired) electrons. The number of furan rings is 1. The van der Waals surface area contributed by atoms with E-state index in [4.69, 9.17) is 16.6 Å². The number of hydrogen-bond acceptors (Lipinski definition) is 4. The number of H-pyrrole nitrogens is 1. The van der Waals surface area contributed by atoms with Crippen molar-refractivity contribution < 1.29 is 4.42 Å². The highest BCUT2D eigenvalue weighted by atomic mass is 32.1. The maximum Gasteiger partial charge on any atom is 0.195 e. The summed E-state index contributed by atoms with van der Waals surface area (Å²) in [6.07, 6.45) is 7.03. The average molecular weight is 300 g/mol. The van der Waals surface area contributed by atoms with Crippen molar-refractivity contribution in [2.45, 2.75) is 25.8 Å². The maximum atomic E-state index is 5.38. The number of rotatable bonds is 5. The molecule has 0 aliphatic heterocycles. The van der Waals surface area contributed by atoms with E-state index in [9.17, 15) is 0 Å². The molecule has 0 amide bonds. The first-order chi connectivity index (χ1) is 10.3. The van der Waals surface area contributed by atoms with Gasteiger partial charge in [0.25, 0.3) is 0 Å². The van der Waals surface area contributed by atoms with Crippen LogP contribution in [-0.4, -0.2) is 19.7 Å². The summed E-state index contributed by atoms with van der Waals surface area (Å²) in [6, 6.07) is 7.99. The van der Waals surface area contributed by atoms with E-state index < -0.39 is 0 Å². The van der Waals surface area contributed by atoms with Crippen molar-refractivity contribution in [3.05, 3.63) is 53.5 Å². The summed E-state index contributed by atoms with van der Waals surface area (Å²) in [7, 11) is 0. The molecule has 21 heavy (non-hydrogen) atoms. The van der Waals surface area contributed by atoms with Crippen LogP contribution in [0.4, 0.5) is 0 Å². The fourth-order valence-electron chi connectivity index (χ4n) is 2.35. The van der Waals surface area contributed by atoms with E-state index in [1.165, 1.54) is 0 Å². The first kappa shape index (κ1) is 13.8. The van der Waals surface area contributed by atoms with Gasteiger partial charge in [-0.3, -0.25) is 14.6 Å². The van der Waals surface area contributed by atoms with Gasteiger partial charge in [-0.25, -0.2) is 0 Å². The van der Waals surface area contributed by atoms with E-state index in [0.29, 0.717) is 4.77 Å². The molecule has 3 heterocycles. The van der Waals surface area contributed by atoms with Crippen LogP contribution in [0.3, 0.4) is 0 Å². The molecule has 0 saturated heterocycles. The molecule has 0 fully saturated rings. The number of aromatic amines is 1. The number of nitrogens with one attached hydrogen (secondary N) is 1. The Morgan fingerprint density at radius 2 is 2.29 bits per heavy atom. The Hall–Kier alpha value is -2.21. The van der Waals surface area contributed by atoms with Gasteiger partial charge < -0.3 is 4.42 Å². The highest BCUT2D eigenvalue weighted by Crippen LogP contribution is 2.23. The second-order valence-electron chi connectivity index (χ2n) is 4.93. The summed E-state index contributed by atoms with van der Waals surface area (Å²) < 4.78 is 8.04. The molecule has 5 nitrogen and oxygen atoms in total. The molecule has 1 unspecified atom stereocenters. The van der Waals surface area contributed by atoms with Crippen LogP contribution in [0.25, 0.3) is 11.4 Å². The molecule has 0 aliphatic rings. The molecule has 0 aliphatic carbocycles. The SMILES string of the molecule is CC(CCc1ccco1)n1c(-c2cccnc2)n[nH]c1=S. The fraction of sp³-hybridized carbons (Fsp3) is 0.267. The van der Waals surface area contributed by atoms with Crippen molar-refractivity contribution in [1.29, 1.82) is 0 Å². The third-order valence-electron chi connectivity index (χ3n) is 3.45. The van der Waals surface area contributed by atoms with Crippen LogP contribution < -0.4 is 0 Å². The largest absolute Gasteiger partial charge is 0.469 e. The molecular formula is C15H16N4OS. The van der Waals surface area contributed by atoms with Crippen LogP contribution in [0, 0.1) is 4.77 Å². The molecule has 3 aromatic heterocycles. The Morgan fingerprint density at radius 3 is 3.00 bits per heavy atom. The zero-order valence-corrected chi connectivity index (χ0v) is 12.5. The Bertz CT molecular complexity index is 746. The summed E-state index contributed by atoms with van der Waals surface area (Å²) >= 11 is 5.36. The third kappa shape index (κ3) is 2.95. The van der Waals surface area contributed by atoms with Gasteiger partial charge in [-0.2, -0.15) is 5.10 Å². The second kappa shape index (κ2) is 6.05. The van der Waals surface area contributed by atoms with Crippen molar-refractivity contribution in [2.24, 2.45) is 0 Å². The predicted octanol–water partition coefficient (Wildman–Crippen LogP) is 3.79. The van der Waals surface area contributed by atoms with Gasteiger partial charge in [-0.1, -0.05) is 0 Å². The highest BCUT2D eigenvalue weighted by Gasteiger charge is 2.15. The average Bonchev–Trinajstić information content (AvgIpc) is 3.15. The van der Waals surface area contributed by atoms with Crippen LogP contribution in [0.5, 0.6) is 0 Å². The van der Waals surface area contributed by atoms with E-state index in [1.807, 2.05) is 28.8 Å². The standard InChI is InChI=1S/C15H16N4OS/c1-11(6-7-13-5-3-9-20-13)19-14(17-18-15(19)21)12-4-2-8-16-10-12/h2-5,8-11H,6-7H2,1H3,(H,18,21). The molecule has 0 spiro atoms. The van der Waals surface area contributed by atoms with Gasteiger partial charge in [0, 0.05) is 30.4 Å². The van der Waals surface area contributed by atoms with Crippen molar-refractivity contribution >= 4 is 12.2 Å². The molecule has 3 aromatic rings. The minimum absolute atomic E-state index is 0.219. The van der Waals surface area contributed by atoms with Crippen molar-refractivity contribution in [2.75, 3.05) is 0 Å². The minimum Gasteiger partial charge on any atom is -0.469 e. The normalized spacial score (nSPS) is 12.4. The van der Waals surface area contributed by atoms with Crippen LogP contribution in [-0.2, 0) is 6.42 Å². The van der Waals surface area contributed by atoms with E-state index in [0.717, 1.165) is 30.0 Å². The van der Waals surface area contributed by atoms with Gasteiger partial charge in [-0.15, -0.1) is 0 Å². The van der Waals surface area contributed by atoms with Crippen molar-refractivity contribution in [3.63, 3.8) is 0 Å². The maximum absolute atomic E-state index is 5.38. The molecule has 0 aromatic carbocycles. The summed E-state index contributed by atoms with van der Waals surface area (Å²) in [5.74, 6) is 1.81. The smallest absolute Gasteiger partial charge is 0.195 e. The monoisotopic (exact) mass is 300 g/mol. The van der Waals surface area contributed by atoms with Crippen LogP contribution in [0.1, 0.15) is 25.1 Å². The Balaban J connectivity index is 1.84. The number of hydrogen-bond donors (Lipinski definition) is 1. The fourth-order valence-corrected chi connectivity index (χ4v) is 2.66. The summed E-state index contributed by atoms with van der Waals surface area (Å²) in [5.41, 5.74) is 0.953. The number of aromatic nitrogens is 4. The lowest BCUT2D eigenvalue weighted by atomic mass is 10.1. The first-order valence-corrected chi connectivity index (χ1v) is 7.26. The highest BCUT2D eigenvalue weighted by molar-refractivity contribution is 7.71. The molecule has 6 heteroatoms. The topological polar surface area (TPSA) is 59.6 Å². The van der Waals surface area contributed by atoms with Gasteiger partial charge in [0.05, 0.1) is 6.26 Å². The van der Waals surface area contributed by atoms with Crippen LogP contribution in [0.15, 0.2) is 47.3 Å². The Morgan fingerprint density at radius 1 is 1.38 bits per heavy atom. The summed E-state index contributed by atoms with van der Waals surface area (Å²) in [4.78, 5) is 4.14. The summed E-state index contributed by atoms with van der Waals surface area (Å²) in [6.45, 7) is 2.13. The molecule has 108 valence electrons. The molecule has 0 saturated carbocycles. The lowest BCUT2D eigenvalue weighted by molar-refractivity contribution is 0.451. The molecule has 1 N–H and O–H groups in total. The molecule has 1 atom stereocenters. The van der Waals surface area contributed by atoms with Gasteiger partial charge in [0.15, 0.2) is 10.6 Å². The van der Waals surface area contributed by atoms with Gasteiger partial charge in [0.1, 0.15) is 5.76 Å². The Kier molecular flexibility index (Phi) is 3.96. The zero-order valence-electron chi connectivity index (χ0n) is 11.7. The third-order valence-corrected chi connectivity index (χ3v) is 3.74. The van der Waals surface area contributed by atoms with Crippen molar-refractivity contribution in [3.8, 4) is 11.4 Å². The van der Waals surface area contributed by atoms with Gasteiger partial charge in [0.2, 0.25) is 0 Å². The molecule has 0 bridgehead atoms. The second-order valence-corrected chi connectivity index (χ2v) is 5.32. The quantitative estimate of drug-likeness (QED) is 0.728. The minimum atomic E-state index is 0.219. The zero-order chi connectivity index (χ0) is 14.7. The molecule has 3 rings (SSSR count). The van der Waals surface area contributed by atoms with E-state index >= 15 is 0 Å². The van der Waals surface area contributed by atoms with E-state index in [2.05, 4.69) is 22.1 Å².